The van der Waals surface area contributed by atoms with Crippen molar-refractivity contribution in [1.82, 2.24) is 9.62 Å². The third-order valence-electron chi connectivity index (χ3n) is 4.40. The molecule has 2 rings (SSSR count). The molecule has 0 radical (unpaired) electrons. The third kappa shape index (κ3) is 6.32. The molecule has 1 aliphatic rings. The Morgan fingerprint density at radius 1 is 1.19 bits per heavy atom. The number of carbonyl (C=O) groups is 2. The highest BCUT2D eigenvalue weighted by atomic mass is 32.2. The van der Waals surface area contributed by atoms with Crippen molar-refractivity contribution in [2.75, 3.05) is 26.2 Å². The molecule has 1 N–H and O–H groups in total. The van der Waals surface area contributed by atoms with Gasteiger partial charge in [0.25, 0.3) is 5.91 Å². The molecule has 1 saturated heterocycles. The van der Waals surface area contributed by atoms with E-state index in [2.05, 4.69) is 19.2 Å². The summed E-state index contributed by atoms with van der Waals surface area (Å²) in [6.45, 7) is 5.23. The molecule has 150 valence electrons. The predicted molar refractivity (Wildman–Crippen MR) is 102 cm³/mol. The molecule has 0 aliphatic carbocycles. The van der Waals surface area contributed by atoms with E-state index >= 15 is 0 Å². The Kier molecular flexibility index (Phi) is 7.79. The smallest absolute Gasteiger partial charge is 0.338 e. The molecule has 1 aromatic carbocycles. The molecule has 0 saturated carbocycles. The zero-order valence-electron chi connectivity index (χ0n) is 15.9. The molecule has 27 heavy (non-hydrogen) atoms. The first-order valence-electron chi connectivity index (χ1n) is 9.34. The van der Waals surface area contributed by atoms with Crippen molar-refractivity contribution in [3.05, 3.63) is 29.8 Å². The van der Waals surface area contributed by atoms with E-state index < -0.39 is 16.0 Å². The highest BCUT2D eigenvalue weighted by Crippen LogP contribution is 2.21. The van der Waals surface area contributed by atoms with Crippen LogP contribution in [0.15, 0.2) is 29.2 Å². The van der Waals surface area contributed by atoms with Crippen LogP contribution in [0.4, 0.5) is 0 Å². The van der Waals surface area contributed by atoms with Crippen molar-refractivity contribution >= 4 is 21.9 Å². The molecule has 0 bridgehead atoms. The van der Waals surface area contributed by atoms with E-state index in [1.54, 1.807) is 0 Å². The Bertz CT molecular complexity index is 755. The van der Waals surface area contributed by atoms with Gasteiger partial charge in [0.15, 0.2) is 6.61 Å². The van der Waals surface area contributed by atoms with Crippen molar-refractivity contribution in [2.24, 2.45) is 5.92 Å². The average Bonchev–Trinajstić information content (AvgIpc) is 2.66. The first kappa shape index (κ1) is 21.4. The van der Waals surface area contributed by atoms with Gasteiger partial charge in [-0.1, -0.05) is 26.3 Å². The minimum Gasteiger partial charge on any atom is -0.452 e. The number of ether oxygens (including phenoxy) is 1. The van der Waals surface area contributed by atoms with E-state index in [0.29, 0.717) is 25.6 Å². The molecule has 0 unspecified atom stereocenters. The predicted octanol–water partition coefficient (Wildman–Crippen LogP) is 2.18. The van der Waals surface area contributed by atoms with Crippen molar-refractivity contribution in [2.45, 2.75) is 44.4 Å². The molecular weight excluding hydrogens is 368 g/mol. The summed E-state index contributed by atoms with van der Waals surface area (Å²) in [7, 11) is -3.62. The van der Waals surface area contributed by atoms with Gasteiger partial charge < -0.3 is 10.1 Å². The van der Waals surface area contributed by atoms with Crippen molar-refractivity contribution in [3.8, 4) is 0 Å². The van der Waals surface area contributed by atoms with Gasteiger partial charge in [-0.3, -0.25) is 4.79 Å². The summed E-state index contributed by atoms with van der Waals surface area (Å²) >= 11 is 0. The summed E-state index contributed by atoms with van der Waals surface area (Å²) < 4.78 is 31.9. The maximum atomic E-state index is 12.7. The van der Waals surface area contributed by atoms with E-state index in [9.17, 15) is 18.0 Å². The lowest BCUT2D eigenvalue weighted by Crippen LogP contribution is -2.35. The number of nitrogens with one attached hydrogen (secondary N) is 1. The van der Waals surface area contributed by atoms with Gasteiger partial charge in [0.05, 0.1) is 10.5 Å². The molecule has 1 amide bonds. The van der Waals surface area contributed by atoms with Crippen molar-refractivity contribution < 1.29 is 22.7 Å². The number of hydrogen-bond donors (Lipinski definition) is 1. The van der Waals surface area contributed by atoms with Crippen LogP contribution in [0.1, 0.15) is 49.9 Å². The Morgan fingerprint density at radius 3 is 2.56 bits per heavy atom. The second-order valence-electron chi connectivity index (χ2n) is 7.10. The van der Waals surface area contributed by atoms with Crippen LogP contribution < -0.4 is 5.32 Å². The zero-order valence-corrected chi connectivity index (χ0v) is 16.8. The van der Waals surface area contributed by atoms with Gasteiger partial charge in [-0.2, -0.15) is 4.31 Å². The number of carbonyl (C=O) groups excluding carboxylic acids is 2. The van der Waals surface area contributed by atoms with E-state index in [0.717, 1.165) is 25.7 Å². The van der Waals surface area contributed by atoms with Gasteiger partial charge in [-0.25, -0.2) is 13.2 Å². The largest absolute Gasteiger partial charge is 0.452 e. The standard InChI is InChI=1S/C19H28N2O5S/c1-15(2)9-10-20-18(22)14-26-19(23)16-7-6-8-17(13-16)27(24,25)21-11-4-3-5-12-21/h6-8,13,15H,3-5,9-12,14H2,1-2H3,(H,20,22). The van der Waals surface area contributed by atoms with E-state index in [-0.39, 0.29) is 23.0 Å². The maximum absolute atomic E-state index is 12.7. The van der Waals surface area contributed by atoms with Gasteiger partial charge in [0.1, 0.15) is 0 Å². The first-order valence-corrected chi connectivity index (χ1v) is 10.8. The van der Waals surface area contributed by atoms with Gasteiger partial charge in [-0.05, 0) is 43.4 Å². The topological polar surface area (TPSA) is 92.8 Å². The van der Waals surface area contributed by atoms with Gasteiger partial charge in [0, 0.05) is 19.6 Å². The Labute approximate surface area is 161 Å². The number of rotatable bonds is 8. The number of benzene rings is 1. The second-order valence-corrected chi connectivity index (χ2v) is 9.04. The number of hydrogen-bond acceptors (Lipinski definition) is 5. The molecule has 0 aromatic heterocycles. The van der Waals surface area contributed by atoms with E-state index in [4.69, 9.17) is 4.74 Å². The van der Waals surface area contributed by atoms with Crippen molar-refractivity contribution in [1.29, 1.82) is 0 Å². The van der Waals surface area contributed by atoms with Gasteiger partial charge in [0.2, 0.25) is 10.0 Å². The summed E-state index contributed by atoms with van der Waals surface area (Å²) in [5.41, 5.74) is 0.114. The van der Waals surface area contributed by atoms with Crippen LogP contribution in [0.3, 0.4) is 0 Å². The normalized spacial score (nSPS) is 15.5. The molecule has 8 heteroatoms. The molecule has 1 aliphatic heterocycles. The lowest BCUT2D eigenvalue weighted by Gasteiger charge is -2.25. The molecular formula is C19H28N2O5S. The quantitative estimate of drug-likeness (QED) is 0.680. The van der Waals surface area contributed by atoms with Crippen molar-refractivity contribution in [3.63, 3.8) is 0 Å². The van der Waals surface area contributed by atoms with Crippen LogP contribution in [0.25, 0.3) is 0 Å². The molecule has 1 heterocycles. The van der Waals surface area contributed by atoms with Crippen LogP contribution in [0, 0.1) is 5.92 Å². The Hall–Kier alpha value is -1.93. The SMILES string of the molecule is CC(C)CCNC(=O)COC(=O)c1cccc(S(=O)(=O)N2CCCCC2)c1. The van der Waals surface area contributed by atoms with E-state index in [1.165, 1.54) is 28.6 Å². The van der Waals surface area contributed by atoms with Crippen LogP contribution in [0.2, 0.25) is 0 Å². The second kappa shape index (κ2) is 9.85. The molecule has 0 spiro atoms. The van der Waals surface area contributed by atoms with Crippen LogP contribution in [-0.4, -0.2) is 50.8 Å². The van der Waals surface area contributed by atoms with E-state index in [1.807, 2.05) is 0 Å². The highest BCUT2D eigenvalue weighted by Gasteiger charge is 2.26. The number of nitrogens with zero attached hydrogens (tertiary/aromatic N) is 1. The summed E-state index contributed by atoms with van der Waals surface area (Å²) in [6.07, 6.45) is 3.55. The minimum absolute atomic E-state index is 0.0697. The Morgan fingerprint density at radius 2 is 1.89 bits per heavy atom. The molecule has 7 nitrogen and oxygen atoms in total. The zero-order chi connectivity index (χ0) is 19.9. The summed E-state index contributed by atoms with van der Waals surface area (Å²) in [5, 5.41) is 2.68. The number of amides is 1. The lowest BCUT2D eigenvalue weighted by atomic mass is 10.1. The van der Waals surface area contributed by atoms with Gasteiger partial charge >= 0.3 is 5.97 Å². The average molecular weight is 397 g/mol. The summed E-state index contributed by atoms with van der Waals surface area (Å²) in [5.74, 6) is -0.622. The fourth-order valence-corrected chi connectivity index (χ4v) is 4.37. The Balaban J connectivity index is 1.95. The first-order chi connectivity index (χ1) is 12.8. The van der Waals surface area contributed by atoms with Crippen LogP contribution in [0.5, 0.6) is 0 Å². The lowest BCUT2D eigenvalue weighted by molar-refractivity contribution is -0.124. The number of piperidine rings is 1. The third-order valence-corrected chi connectivity index (χ3v) is 6.30. The fraction of sp³-hybridized carbons (Fsp3) is 0.579. The number of esters is 1. The van der Waals surface area contributed by atoms with Crippen LogP contribution in [-0.2, 0) is 19.6 Å². The molecule has 0 atom stereocenters. The monoisotopic (exact) mass is 396 g/mol. The van der Waals surface area contributed by atoms with Gasteiger partial charge in [-0.15, -0.1) is 0 Å². The molecule has 1 fully saturated rings. The summed E-state index contributed by atoms with van der Waals surface area (Å²) in [6, 6.07) is 5.77. The fourth-order valence-electron chi connectivity index (χ4n) is 2.80. The minimum atomic E-state index is -3.62. The summed E-state index contributed by atoms with van der Waals surface area (Å²) in [4.78, 5) is 23.9. The maximum Gasteiger partial charge on any atom is 0.338 e. The number of sulfonamides is 1. The van der Waals surface area contributed by atoms with Crippen LogP contribution >= 0.6 is 0 Å². The molecule has 1 aromatic rings. The highest BCUT2D eigenvalue weighted by molar-refractivity contribution is 7.89.